The van der Waals surface area contributed by atoms with Crippen molar-refractivity contribution in [2.75, 3.05) is 0 Å². The van der Waals surface area contributed by atoms with Gasteiger partial charge in [-0.15, -0.1) is 0 Å². The quantitative estimate of drug-likeness (QED) is 0.281. The van der Waals surface area contributed by atoms with Gasteiger partial charge in [0.15, 0.2) is 0 Å². The van der Waals surface area contributed by atoms with E-state index in [1.165, 1.54) is 12.1 Å². The molecule has 168 valence electrons. The normalized spacial score (nSPS) is 13.6. The lowest BCUT2D eigenvalue weighted by atomic mass is 9.92. The van der Waals surface area contributed by atoms with Gasteiger partial charge in [0.1, 0.15) is 11.4 Å². The Kier molecular flexibility index (Phi) is 5.95. The Morgan fingerprint density at radius 1 is 1.12 bits per heavy atom. The summed E-state index contributed by atoms with van der Waals surface area (Å²) in [4.78, 5) is 13.6. The maximum atomic E-state index is 13.6. The van der Waals surface area contributed by atoms with Crippen molar-refractivity contribution in [3.8, 4) is 11.3 Å². The average Bonchev–Trinajstić information content (AvgIpc) is 3.20. The summed E-state index contributed by atoms with van der Waals surface area (Å²) in [6.07, 6.45) is 2.61. The molecule has 2 aromatic carbocycles. The van der Waals surface area contributed by atoms with Gasteiger partial charge in [-0.1, -0.05) is 54.1 Å². The number of carbonyl (C=O) groups is 1. The molecule has 0 spiro atoms. The minimum atomic E-state index is -4.61. The summed E-state index contributed by atoms with van der Waals surface area (Å²) in [6, 6.07) is 10.9. The van der Waals surface area contributed by atoms with E-state index in [1.807, 2.05) is 18.2 Å². The third-order valence-electron chi connectivity index (χ3n) is 5.18. The SMILES string of the molecule is N=C(N)n1nc(-c2ccc(Cl)cc2)c(C2=CCCC=C2)c1C(=O)c1cccc(C(F)(F)F)c1. The van der Waals surface area contributed by atoms with Gasteiger partial charge in [-0.2, -0.15) is 23.0 Å². The van der Waals surface area contributed by atoms with Gasteiger partial charge < -0.3 is 5.73 Å². The third kappa shape index (κ3) is 4.47. The molecule has 0 aliphatic heterocycles. The number of ketones is 1. The fourth-order valence-corrected chi connectivity index (χ4v) is 3.78. The van der Waals surface area contributed by atoms with E-state index in [0.29, 0.717) is 33.8 Å². The van der Waals surface area contributed by atoms with Crippen LogP contribution in [-0.4, -0.2) is 21.5 Å². The molecule has 1 aliphatic rings. The lowest BCUT2D eigenvalue weighted by Gasteiger charge is -2.13. The summed E-state index contributed by atoms with van der Waals surface area (Å²) in [7, 11) is 0. The first kappa shape index (κ1) is 22.5. The molecule has 3 N–H and O–H groups in total. The Morgan fingerprint density at radius 3 is 2.45 bits per heavy atom. The number of hydrogen-bond acceptors (Lipinski definition) is 3. The molecule has 4 rings (SSSR count). The van der Waals surface area contributed by atoms with Crippen molar-refractivity contribution in [3.05, 3.63) is 94.2 Å². The fourth-order valence-electron chi connectivity index (χ4n) is 3.66. The zero-order valence-corrected chi connectivity index (χ0v) is 17.9. The van der Waals surface area contributed by atoms with Crippen molar-refractivity contribution >= 4 is 28.9 Å². The Labute approximate surface area is 192 Å². The van der Waals surface area contributed by atoms with Crippen LogP contribution in [0.3, 0.4) is 0 Å². The summed E-state index contributed by atoms with van der Waals surface area (Å²) in [5.41, 5.74) is 6.59. The summed E-state index contributed by atoms with van der Waals surface area (Å²) >= 11 is 6.01. The Morgan fingerprint density at radius 2 is 1.85 bits per heavy atom. The van der Waals surface area contributed by atoms with Crippen LogP contribution in [0.1, 0.15) is 40.0 Å². The van der Waals surface area contributed by atoms with E-state index in [-0.39, 0.29) is 11.3 Å². The molecule has 0 radical (unpaired) electrons. The van der Waals surface area contributed by atoms with E-state index in [2.05, 4.69) is 5.10 Å². The molecule has 0 fully saturated rings. The van der Waals surface area contributed by atoms with Gasteiger partial charge in [-0.25, -0.2) is 0 Å². The number of halogens is 4. The molecule has 9 heteroatoms. The van der Waals surface area contributed by atoms with Gasteiger partial charge in [0.05, 0.1) is 5.56 Å². The minimum absolute atomic E-state index is 0.0791. The topological polar surface area (TPSA) is 84.8 Å². The maximum absolute atomic E-state index is 13.6. The molecule has 0 atom stereocenters. The van der Waals surface area contributed by atoms with Gasteiger partial charge in [0, 0.05) is 21.7 Å². The molecule has 1 aromatic heterocycles. The predicted octanol–water partition coefficient (Wildman–Crippen LogP) is 5.93. The Balaban J connectivity index is 1.98. The number of nitrogens with two attached hydrogens (primary N) is 1. The van der Waals surface area contributed by atoms with E-state index < -0.39 is 23.5 Å². The van der Waals surface area contributed by atoms with Crippen LogP contribution in [0.2, 0.25) is 5.02 Å². The van der Waals surface area contributed by atoms with E-state index in [0.717, 1.165) is 23.2 Å². The number of allylic oxidation sites excluding steroid dienone is 4. The zero-order chi connectivity index (χ0) is 23.8. The molecule has 5 nitrogen and oxygen atoms in total. The first-order valence-corrected chi connectivity index (χ1v) is 10.4. The van der Waals surface area contributed by atoms with Crippen LogP contribution in [0.4, 0.5) is 13.2 Å². The highest BCUT2D eigenvalue weighted by atomic mass is 35.5. The predicted molar refractivity (Wildman–Crippen MR) is 121 cm³/mol. The number of rotatable bonds is 4. The third-order valence-corrected chi connectivity index (χ3v) is 5.43. The summed E-state index contributed by atoms with van der Waals surface area (Å²) in [5.74, 6) is -1.26. The highest BCUT2D eigenvalue weighted by Crippen LogP contribution is 2.36. The van der Waals surface area contributed by atoms with Crippen LogP contribution in [0.5, 0.6) is 0 Å². The largest absolute Gasteiger partial charge is 0.416 e. The van der Waals surface area contributed by atoms with Crippen molar-refractivity contribution in [2.45, 2.75) is 19.0 Å². The molecular weight excluding hydrogens is 453 g/mol. The van der Waals surface area contributed by atoms with Crippen LogP contribution in [0.15, 0.2) is 66.8 Å². The van der Waals surface area contributed by atoms with Crippen molar-refractivity contribution in [1.29, 1.82) is 5.41 Å². The van der Waals surface area contributed by atoms with Gasteiger partial charge in [0.25, 0.3) is 0 Å². The molecule has 33 heavy (non-hydrogen) atoms. The number of hydrogen-bond donors (Lipinski definition) is 2. The lowest BCUT2D eigenvalue weighted by molar-refractivity contribution is -0.137. The molecular formula is C24H18ClF3N4O. The number of benzene rings is 2. The molecule has 1 heterocycles. The van der Waals surface area contributed by atoms with Gasteiger partial charge in [-0.3, -0.25) is 10.2 Å². The smallest absolute Gasteiger partial charge is 0.368 e. The number of carbonyl (C=O) groups excluding carboxylic acids is 1. The standard InChI is InChI=1S/C24H18ClF3N4O/c25-18-11-9-15(10-12-18)20-19(14-5-2-1-3-6-14)21(32(31-20)23(29)30)22(33)16-7-4-8-17(13-16)24(26,27)28/h2,4-13H,1,3H2,(H3,29,30). The van der Waals surface area contributed by atoms with Gasteiger partial charge in [-0.05, 0) is 42.7 Å². The average molecular weight is 471 g/mol. The Bertz CT molecular complexity index is 1300. The lowest BCUT2D eigenvalue weighted by Crippen LogP contribution is -2.26. The first-order valence-electron chi connectivity index (χ1n) is 9.99. The molecule has 1 aliphatic carbocycles. The van der Waals surface area contributed by atoms with Crippen LogP contribution >= 0.6 is 11.6 Å². The molecule has 0 saturated heterocycles. The number of aromatic nitrogens is 2. The highest BCUT2D eigenvalue weighted by Gasteiger charge is 2.33. The second-order valence-corrected chi connectivity index (χ2v) is 7.86. The number of nitrogens with one attached hydrogen (secondary N) is 1. The summed E-state index contributed by atoms with van der Waals surface area (Å²) in [5, 5.41) is 12.9. The molecule has 0 bridgehead atoms. The summed E-state index contributed by atoms with van der Waals surface area (Å²) < 4.78 is 40.7. The van der Waals surface area contributed by atoms with Gasteiger partial charge >= 0.3 is 6.18 Å². The first-order chi connectivity index (χ1) is 15.7. The van der Waals surface area contributed by atoms with Crippen LogP contribution in [-0.2, 0) is 6.18 Å². The van der Waals surface area contributed by atoms with Crippen LogP contribution in [0, 0.1) is 5.41 Å². The number of alkyl halides is 3. The number of nitrogen functional groups attached to an aromatic ring is 1. The van der Waals surface area contributed by atoms with Crippen LogP contribution < -0.4 is 5.73 Å². The molecule has 3 aromatic rings. The van der Waals surface area contributed by atoms with Gasteiger partial charge in [0.2, 0.25) is 11.7 Å². The van der Waals surface area contributed by atoms with Crippen molar-refractivity contribution < 1.29 is 18.0 Å². The Hall–Kier alpha value is -3.65. The van der Waals surface area contributed by atoms with E-state index in [9.17, 15) is 18.0 Å². The molecule has 0 saturated carbocycles. The van der Waals surface area contributed by atoms with E-state index in [4.69, 9.17) is 22.7 Å². The van der Waals surface area contributed by atoms with Crippen LogP contribution in [0.25, 0.3) is 16.8 Å². The highest BCUT2D eigenvalue weighted by molar-refractivity contribution is 6.30. The second-order valence-electron chi connectivity index (χ2n) is 7.42. The summed E-state index contributed by atoms with van der Waals surface area (Å²) in [6.45, 7) is 0. The van der Waals surface area contributed by atoms with Crippen molar-refractivity contribution in [3.63, 3.8) is 0 Å². The van der Waals surface area contributed by atoms with Crippen molar-refractivity contribution in [1.82, 2.24) is 9.78 Å². The second kappa shape index (κ2) is 8.71. The fraction of sp³-hybridized carbons (Fsp3) is 0.125. The zero-order valence-electron chi connectivity index (χ0n) is 17.2. The molecule has 0 unspecified atom stereocenters. The maximum Gasteiger partial charge on any atom is 0.416 e. The van der Waals surface area contributed by atoms with E-state index >= 15 is 0 Å². The number of nitrogens with zero attached hydrogens (tertiary/aromatic N) is 2. The monoisotopic (exact) mass is 470 g/mol. The minimum Gasteiger partial charge on any atom is -0.368 e. The van der Waals surface area contributed by atoms with Crippen molar-refractivity contribution in [2.24, 2.45) is 5.73 Å². The molecule has 0 amide bonds. The van der Waals surface area contributed by atoms with E-state index in [1.54, 1.807) is 24.3 Å².